The normalized spacial score (nSPS) is 50.3. The lowest BCUT2D eigenvalue weighted by Crippen LogP contribution is -2.60. The molecule has 0 amide bonds. The Morgan fingerprint density at radius 3 is 2.21 bits per heavy atom. The van der Waals surface area contributed by atoms with Gasteiger partial charge in [0.2, 0.25) is 0 Å². The molecule has 1 aliphatic heterocycles. The number of ether oxygens (including phenoxy) is 3. The van der Waals surface area contributed by atoms with Crippen molar-refractivity contribution in [2.45, 2.75) is 157 Å². The van der Waals surface area contributed by atoms with Gasteiger partial charge in [-0.25, -0.2) is 0 Å². The molecule has 0 radical (unpaired) electrons. The Kier molecular flexibility index (Phi) is 7.15. The molecule has 0 unspecified atom stereocenters. The Morgan fingerprint density at radius 1 is 0.977 bits per heavy atom. The zero-order valence-electron chi connectivity index (χ0n) is 28.4. The largest absolute Gasteiger partial charge is 0.462 e. The van der Waals surface area contributed by atoms with Gasteiger partial charge in [0.25, 0.3) is 0 Å². The van der Waals surface area contributed by atoms with E-state index >= 15 is 0 Å². The predicted molar refractivity (Wildman–Crippen MR) is 163 cm³/mol. The summed E-state index contributed by atoms with van der Waals surface area (Å²) < 4.78 is 18.6. The number of aliphatic hydroxyl groups excluding tert-OH is 1. The average molecular weight is 603 g/mol. The molecule has 6 aliphatic rings. The van der Waals surface area contributed by atoms with Gasteiger partial charge in [-0.15, -0.1) is 0 Å². The molecule has 6 fully saturated rings. The maximum absolute atomic E-state index is 12.6. The molecule has 0 aromatic carbocycles. The second-order valence-corrected chi connectivity index (χ2v) is 17.8. The Labute approximate surface area is 259 Å². The van der Waals surface area contributed by atoms with Crippen LogP contribution in [-0.4, -0.2) is 58.3 Å². The highest BCUT2D eigenvalue weighted by Crippen LogP contribution is 2.89. The first-order chi connectivity index (χ1) is 19.8. The molecular weight excluding hydrogens is 544 g/mol. The van der Waals surface area contributed by atoms with Gasteiger partial charge in [-0.3, -0.25) is 9.59 Å². The van der Waals surface area contributed by atoms with E-state index in [1.165, 1.54) is 19.8 Å². The molecule has 2 N–H and O–H groups in total. The van der Waals surface area contributed by atoms with Crippen LogP contribution < -0.4 is 0 Å². The summed E-state index contributed by atoms with van der Waals surface area (Å²) in [5.74, 6) is 0.756. The third-order valence-electron chi connectivity index (χ3n) is 14.8. The number of carbonyl (C=O) groups is 2. The molecule has 7 heteroatoms. The molecule has 244 valence electrons. The maximum atomic E-state index is 12.6. The number of carbonyl (C=O) groups excluding carboxylic acids is 2. The monoisotopic (exact) mass is 602 g/mol. The predicted octanol–water partition coefficient (Wildman–Crippen LogP) is 6.07. The third-order valence-corrected chi connectivity index (χ3v) is 14.8. The van der Waals surface area contributed by atoms with Gasteiger partial charge in [0.05, 0.1) is 29.8 Å². The minimum Gasteiger partial charge on any atom is -0.462 e. The molecular formula is C36H58O7. The number of rotatable bonds is 5. The van der Waals surface area contributed by atoms with Gasteiger partial charge in [0.1, 0.15) is 6.10 Å². The zero-order valence-corrected chi connectivity index (χ0v) is 28.4. The molecule has 1 saturated heterocycles. The van der Waals surface area contributed by atoms with E-state index in [0.717, 1.165) is 32.1 Å². The summed E-state index contributed by atoms with van der Waals surface area (Å²) in [4.78, 5) is 24.7. The fraction of sp³-hybridized carbons (Fsp3) is 0.944. The van der Waals surface area contributed by atoms with Crippen molar-refractivity contribution in [3.05, 3.63) is 0 Å². The van der Waals surface area contributed by atoms with E-state index in [-0.39, 0.29) is 63.0 Å². The summed E-state index contributed by atoms with van der Waals surface area (Å²) in [5, 5.41) is 23.4. The number of aliphatic hydroxyl groups is 2. The summed E-state index contributed by atoms with van der Waals surface area (Å²) >= 11 is 0. The number of fused-ring (bicyclic) bond motifs is 4. The van der Waals surface area contributed by atoms with E-state index < -0.39 is 29.9 Å². The molecule has 6 rings (SSSR count). The zero-order chi connectivity index (χ0) is 31.7. The van der Waals surface area contributed by atoms with Crippen LogP contribution in [0.1, 0.15) is 121 Å². The smallest absolute Gasteiger partial charge is 0.308 e. The van der Waals surface area contributed by atoms with Gasteiger partial charge >= 0.3 is 11.9 Å². The minimum absolute atomic E-state index is 0.0382. The van der Waals surface area contributed by atoms with E-state index in [0.29, 0.717) is 18.3 Å². The second-order valence-electron chi connectivity index (χ2n) is 17.8. The molecule has 7 nitrogen and oxygen atoms in total. The highest BCUT2D eigenvalue weighted by molar-refractivity contribution is 5.71. The van der Waals surface area contributed by atoms with Crippen LogP contribution in [0.2, 0.25) is 0 Å². The van der Waals surface area contributed by atoms with Crippen LogP contribution in [0.25, 0.3) is 0 Å². The minimum atomic E-state index is -1.26. The van der Waals surface area contributed by atoms with Crippen LogP contribution in [-0.2, 0) is 23.8 Å². The lowest BCUT2D eigenvalue weighted by molar-refractivity contribution is -0.216. The summed E-state index contributed by atoms with van der Waals surface area (Å²) in [6.45, 7) is 20.3. The van der Waals surface area contributed by atoms with Crippen LogP contribution in [0, 0.1) is 56.7 Å². The SMILES string of the molecule is CC(=O)O[C@@H]([C@H]1C[C@@H](C)[C@H]2[C@H](O1)[C@H](O)[C@@]1(C)[C@@H]3CC[C@H]4C(C)(C)[C@@H](OC(=O)C(C)C)CC[C@@]45C[C@@]35CC[C@]21C)C(C)(C)O. The molecule has 13 atom stereocenters. The van der Waals surface area contributed by atoms with Crippen LogP contribution in [0.3, 0.4) is 0 Å². The van der Waals surface area contributed by atoms with E-state index in [1.807, 2.05) is 13.8 Å². The van der Waals surface area contributed by atoms with E-state index in [4.69, 9.17) is 14.2 Å². The second kappa shape index (κ2) is 9.67. The topological polar surface area (TPSA) is 102 Å². The third kappa shape index (κ3) is 4.08. The van der Waals surface area contributed by atoms with Gasteiger partial charge in [0, 0.05) is 17.8 Å². The molecule has 0 aromatic rings. The van der Waals surface area contributed by atoms with Crippen LogP contribution >= 0.6 is 0 Å². The van der Waals surface area contributed by atoms with Gasteiger partial charge in [0.15, 0.2) is 6.10 Å². The van der Waals surface area contributed by atoms with Crippen LogP contribution in [0.4, 0.5) is 0 Å². The number of hydrogen-bond acceptors (Lipinski definition) is 7. The number of hydrogen-bond donors (Lipinski definition) is 2. The molecule has 5 saturated carbocycles. The van der Waals surface area contributed by atoms with Crippen molar-refractivity contribution in [2.24, 2.45) is 56.7 Å². The first kappa shape index (κ1) is 31.8. The standard InChI is InChI=1S/C36H58O7/c1-19(2)30(39)43-25-13-14-35-18-36(35)16-15-33(9)26-20(3)17-22(29(32(7,8)40)41-21(4)37)42-27(26)28(38)34(33,10)24(36)12-11-23(35)31(25,5)6/h19-20,22-29,38,40H,11-18H2,1-10H3/t20-,22-,23+,24+,25+,26+,27+,28+,29+,33-,34-,35-,36+/m1/s1. The highest BCUT2D eigenvalue weighted by atomic mass is 16.6. The molecule has 0 bridgehead atoms. The molecule has 43 heavy (non-hydrogen) atoms. The van der Waals surface area contributed by atoms with E-state index in [1.54, 1.807) is 13.8 Å². The molecule has 2 spiro atoms. The molecule has 5 aliphatic carbocycles. The summed E-state index contributed by atoms with van der Waals surface area (Å²) in [7, 11) is 0. The van der Waals surface area contributed by atoms with E-state index in [2.05, 4.69) is 34.6 Å². The first-order valence-electron chi connectivity index (χ1n) is 17.2. The summed E-state index contributed by atoms with van der Waals surface area (Å²) in [6.07, 6.45) is 6.13. The van der Waals surface area contributed by atoms with Gasteiger partial charge in [-0.2, -0.15) is 0 Å². The van der Waals surface area contributed by atoms with Gasteiger partial charge < -0.3 is 24.4 Å². The van der Waals surface area contributed by atoms with Crippen molar-refractivity contribution in [3.63, 3.8) is 0 Å². The Balaban J connectivity index is 1.30. The van der Waals surface area contributed by atoms with Crippen LogP contribution in [0.15, 0.2) is 0 Å². The molecule has 1 heterocycles. The Morgan fingerprint density at radius 2 is 1.60 bits per heavy atom. The lowest BCUT2D eigenvalue weighted by Gasteiger charge is -2.63. The molecule has 0 aromatic heterocycles. The van der Waals surface area contributed by atoms with E-state index in [9.17, 15) is 19.8 Å². The van der Waals surface area contributed by atoms with Crippen molar-refractivity contribution in [3.8, 4) is 0 Å². The summed E-state index contributed by atoms with van der Waals surface area (Å²) in [6, 6.07) is 0. The highest BCUT2D eigenvalue weighted by Gasteiger charge is 2.84. The van der Waals surface area contributed by atoms with Crippen molar-refractivity contribution >= 4 is 11.9 Å². The first-order valence-corrected chi connectivity index (χ1v) is 17.2. The fourth-order valence-corrected chi connectivity index (χ4v) is 12.8. The maximum Gasteiger partial charge on any atom is 0.308 e. The van der Waals surface area contributed by atoms with Crippen LogP contribution in [0.5, 0.6) is 0 Å². The Hall–Kier alpha value is -1.18. The van der Waals surface area contributed by atoms with Crippen molar-refractivity contribution in [1.82, 2.24) is 0 Å². The number of esters is 2. The lowest BCUT2D eigenvalue weighted by atomic mass is 9.41. The average Bonchev–Trinajstić information content (AvgIpc) is 3.52. The van der Waals surface area contributed by atoms with Gasteiger partial charge in [-0.05, 0) is 105 Å². The van der Waals surface area contributed by atoms with Crippen molar-refractivity contribution < 1.29 is 34.0 Å². The van der Waals surface area contributed by atoms with Gasteiger partial charge in [-0.1, -0.05) is 48.5 Å². The quantitative estimate of drug-likeness (QED) is 0.368. The Bertz CT molecular complexity index is 1160. The summed E-state index contributed by atoms with van der Waals surface area (Å²) in [5.41, 5.74) is -1.22. The van der Waals surface area contributed by atoms with Crippen molar-refractivity contribution in [1.29, 1.82) is 0 Å². The fourth-order valence-electron chi connectivity index (χ4n) is 12.8. The van der Waals surface area contributed by atoms with Crippen molar-refractivity contribution in [2.75, 3.05) is 0 Å².